The molecule has 3 rings (SSSR count). The molecule has 7 heteroatoms. The van der Waals surface area contributed by atoms with E-state index >= 15 is 0 Å². The Bertz CT molecular complexity index is 849. The molecular weight excluding hydrogens is 395 g/mol. The van der Waals surface area contributed by atoms with Crippen LogP contribution in [0, 0.1) is 12.7 Å². The Morgan fingerprint density at radius 3 is 2.56 bits per heavy atom. The number of amides is 1. The van der Waals surface area contributed by atoms with Gasteiger partial charge < -0.3 is 5.32 Å². The third kappa shape index (κ3) is 5.20. The zero-order valence-corrected chi connectivity index (χ0v) is 16.3. The molecule has 1 aliphatic carbocycles. The van der Waals surface area contributed by atoms with Crippen molar-refractivity contribution in [1.82, 2.24) is 0 Å². The van der Waals surface area contributed by atoms with Gasteiger partial charge in [-0.15, -0.1) is 11.8 Å². The fraction of sp³-hybridized carbons (Fsp3) is 0.350. The molecule has 0 spiro atoms. The minimum Gasteiger partial charge on any atom is -0.322 e. The number of rotatable bonds is 4. The van der Waals surface area contributed by atoms with E-state index in [9.17, 15) is 18.0 Å². The Morgan fingerprint density at radius 1 is 1.19 bits per heavy atom. The molecular formula is C20H19ClF3NOS. The smallest absolute Gasteiger partial charge is 0.255 e. The van der Waals surface area contributed by atoms with Crippen LogP contribution in [0.4, 0.5) is 18.9 Å². The minimum absolute atomic E-state index is 0.0675. The van der Waals surface area contributed by atoms with Crippen molar-refractivity contribution in [2.45, 2.75) is 48.7 Å². The van der Waals surface area contributed by atoms with Crippen LogP contribution in [0.3, 0.4) is 0 Å². The van der Waals surface area contributed by atoms with Crippen LogP contribution in [-0.2, 0) is 0 Å². The summed E-state index contributed by atoms with van der Waals surface area (Å²) in [5.41, 5.74) is 1.85. The van der Waals surface area contributed by atoms with Crippen LogP contribution in [0.2, 0.25) is 5.02 Å². The number of benzene rings is 2. The average molecular weight is 414 g/mol. The Kier molecular flexibility index (Phi) is 6.06. The van der Waals surface area contributed by atoms with Gasteiger partial charge in [-0.1, -0.05) is 17.7 Å². The fourth-order valence-electron chi connectivity index (χ4n) is 2.96. The van der Waals surface area contributed by atoms with E-state index in [-0.39, 0.29) is 29.0 Å². The van der Waals surface area contributed by atoms with Gasteiger partial charge in [0.1, 0.15) is 5.82 Å². The zero-order valence-electron chi connectivity index (χ0n) is 14.7. The van der Waals surface area contributed by atoms with Gasteiger partial charge in [-0.05, 0) is 55.7 Å². The molecule has 0 bridgehead atoms. The topological polar surface area (TPSA) is 29.1 Å². The van der Waals surface area contributed by atoms with Gasteiger partial charge in [0, 0.05) is 34.2 Å². The summed E-state index contributed by atoms with van der Waals surface area (Å²) < 4.78 is 39.9. The van der Waals surface area contributed by atoms with Crippen molar-refractivity contribution >= 4 is 35.0 Å². The number of thioether (sulfide) groups is 1. The molecule has 0 atom stereocenters. The normalized spacial score (nSPS) is 16.9. The highest BCUT2D eigenvalue weighted by Gasteiger charge is 2.35. The maximum atomic E-state index is 13.3. The summed E-state index contributed by atoms with van der Waals surface area (Å²) in [4.78, 5) is 13.4. The highest BCUT2D eigenvalue weighted by Crippen LogP contribution is 2.41. The van der Waals surface area contributed by atoms with Gasteiger partial charge in [-0.2, -0.15) is 0 Å². The maximum absolute atomic E-state index is 13.3. The molecule has 0 aliphatic heterocycles. The van der Waals surface area contributed by atoms with Crippen molar-refractivity contribution in [3.8, 4) is 0 Å². The molecule has 2 nitrogen and oxygen atoms in total. The van der Waals surface area contributed by atoms with Crippen molar-refractivity contribution in [3.05, 3.63) is 58.4 Å². The van der Waals surface area contributed by atoms with Crippen molar-refractivity contribution in [1.29, 1.82) is 0 Å². The molecule has 0 unspecified atom stereocenters. The van der Waals surface area contributed by atoms with Crippen molar-refractivity contribution in [2.24, 2.45) is 0 Å². The van der Waals surface area contributed by atoms with Crippen LogP contribution in [0.25, 0.3) is 0 Å². The van der Waals surface area contributed by atoms with Crippen LogP contribution in [0.5, 0.6) is 0 Å². The Labute approximate surface area is 165 Å². The first kappa shape index (κ1) is 20.1. The monoisotopic (exact) mass is 413 g/mol. The Hall–Kier alpha value is -1.66. The number of hydrogen-bond donors (Lipinski definition) is 1. The number of carbonyl (C=O) groups is 1. The summed E-state index contributed by atoms with van der Waals surface area (Å²) in [7, 11) is 0. The minimum atomic E-state index is -2.55. The number of aryl methyl sites for hydroxylation is 1. The lowest BCUT2D eigenvalue weighted by Crippen LogP contribution is -2.25. The first-order chi connectivity index (χ1) is 12.7. The summed E-state index contributed by atoms with van der Waals surface area (Å²) in [6.45, 7) is 1.93. The lowest BCUT2D eigenvalue weighted by molar-refractivity contribution is -0.0323. The third-order valence-corrected chi connectivity index (χ3v) is 6.37. The lowest BCUT2D eigenvalue weighted by Gasteiger charge is -2.28. The molecule has 0 aromatic heterocycles. The van der Waals surface area contributed by atoms with Gasteiger partial charge >= 0.3 is 0 Å². The zero-order chi connectivity index (χ0) is 19.6. The molecule has 1 amide bonds. The largest absolute Gasteiger partial charge is 0.322 e. The third-order valence-electron chi connectivity index (χ3n) is 4.59. The molecule has 2 aromatic rings. The molecule has 1 saturated carbocycles. The standard InChI is InChI=1S/C20H19ClF3NOS/c1-12-2-3-13(19(26)25-14-4-5-17(22)16(21)11-14)10-18(12)27-15-6-8-20(23,24)9-7-15/h2-5,10-11,15H,6-9H2,1H3,(H,25,26). The number of hydrogen-bond acceptors (Lipinski definition) is 2. The molecule has 1 N–H and O–H groups in total. The van der Waals surface area contributed by atoms with E-state index in [2.05, 4.69) is 5.32 Å². The second kappa shape index (κ2) is 8.15. The molecule has 2 aromatic carbocycles. The second-order valence-corrected chi connectivity index (χ2v) is 8.49. The lowest BCUT2D eigenvalue weighted by atomic mass is 9.96. The SMILES string of the molecule is Cc1ccc(C(=O)Nc2ccc(F)c(Cl)c2)cc1SC1CCC(F)(F)CC1. The van der Waals surface area contributed by atoms with Gasteiger partial charge in [0.15, 0.2) is 0 Å². The van der Waals surface area contributed by atoms with Crippen molar-refractivity contribution in [2.75, 3.05) is 5.32 Å². The van der Waals surface area contributed by atoms with Crippen LogP contribution < -0.4 is 5.32 Å². The van der Waals surface area contributed by atoms with E-state index in [4.69, 9.17) is 11.6 Å². The van der Waals surface area contributed by atoms with E-state index < -0.39 is 11.7 Å². The first-order valence-corrected chi connectivity index (χ1v) is 9.91. The van der Waals surface area contributed by atoms with Crippen LogP contribution in [0.15, 0.2) is 41.3 Å². The van der Waals surface area contributed by atoms with Gasteiger partial charge in [-0.3, -0.25) is 4.79 Å². The first-order valence-electron chi connectivity index (χ1n) is 8.65. The summed E-state index contributed by atoms with van der Waals surface area (Å²) in [5.74, 6) is -3.44. The summed E-state index contributed by atoms with van der Waals surface area (Å²) in [6.07, 6.45) is 0.744. The van der Waals surface area contributed by atoms with E-state index in [1.165, 1.54) is 18.2 Å². The predicted octanol–water partition coefficient (Wildman–Crippen LogP) is 6.71. The van der Waals surface area contributed by atoms with E-state index in [0.717, 1.165) is 10.5 Å². The highest BCUT2D eigenvalue weighted by molar-refractivity contribution is 8.00. The number of nitrogens with one attached hydrogen (secondary N) is 1. The quantitative estimate of drug-likeness (QED) is 0.603. The highest BCUT2D eigenvalue weighted by atomic mass is 35.5. The van der Waals surface area contributed by atoms with Crippen molar-refractivity contribution in [3.63, 3.8) is 0 Å². The van der Waals surface area contributed by atoms with E-state index in [0.29, 0.717) is 24.1 Å². The fourth-order valence-corrected chi connectivity index (χ4v) is 4.42. The molecule has 1 aliphatic rings. The van der Waals surface area contributed by atoms with Crippen LogP contribution in [0.1, 0.15) is 41.6 Å². The van der Waals surface area contributed by atoms with Gasteiger partial charge in [0.2, 0.25) is 5.92 Å². The Morgan fingerprint density at radius 2 is 1.89 bits per heavy atom. The van der Waals surface area contributed by atoms with Crippen LogP contribution >= 0.6 is 23.4 Å². The number of carbonyl (C=O) groups excluding carboxylic acids is 1. The summed E-state index contributed by atoms with van der Waals surface area (Å²) in [5, 5.41) is 2.74. The molecule has 144 valence electrons. The molecule has 0 heterocycles. The summed E-state index contributed by atoms with van der Waals surface area (Å²) >= 11 is 7.28. The number of anilines is 1. The van der Waals surface area contributed by atoms with Crippen molar-refractivity contribution < 1.29 is 18.0 Å². The predicted molar refractivity (Wildman–Crippen MR) is 104 cm³/mol. The number of alkyl halides is 2. The van der Waals surface area contributed by atoms with E-state index in [1.807, 2.05) is 13.0 Å². The molecule has 0 radical (unpaired) electrons. The van der Waals surface area contributed by atoms with Crippen LogP contribution in [-0.4, -0.2) is 17.1 Å². The Balaban J connectivity index is 1.70. The second-order valence-electron chi connectivity index (χ2n) is 6.74. The van der Waals surface area contributed by atoms with Gasteiger partial charge in [0.25, 0.3) is 5.91 Å². The maximum Gasteiger partial charge on any atom is 0.255 e. The molecule has 27 heavy (non-hydrogen) atoms. The average Bonchev–Trinajstić information content (AvgIpc) is 2.61. The summed E-state index contributed by atoms with van der Waals surface area (Å²) in [6, 6.07) is 9.29. The number of halogens is 4. The molecule has 1 fully saturated rings. The van der Waals surface area contributed by atoms with Gasteiger partial charge in [0.05, 0.1) is 5.02 Å². The van der Waals surface area contributed by atoms with Gasteiger partial charge in [-0.25, -0.2) is 13.2 Å². The molecule has 0 saturated heterocycles. The van der Waals surface area contributed by atoms with E-state index in [1.54, 1.807) is 23.9 Å².